The Hall–Kier alpha value is -0.130. The number of rotatable bonds is 3. The molecule has 0 aliphatic carbocycles. The Morgan fingerprint density at radius 1 is 1.54 bits per heavy atom. The van der Waals surface area contributed by atoms with Crippen molar-refractivity contribution in [1.82, 2.24) is 0 Å². The van der Waals surface area contributed by atoms with Crippen molar-refractivity contribution in [3.05, 3.63) is 32.9 Å². The highest BCUT2D eigenvalue weighted by molar-refractivity contribution is 14.1. The lowest BCUT2D eigenvalue weighted by molar-refractivity contribution is 0.180. The number of aryl methyl sites for hydroxylation is 1. The van der Waals surface area contributed by atoms with E-state index >= 15 is 0 Å². The molecule has 0 spiro atoms. The molecule has 1 rings (SSSR count). The summed E-state index contributed by atoms with van der Waals surface area (Å²) in [5.74, 6) is 0. The molecule has 13 heavy (non-hydrogen) atoms. The van der Waals surface area contributed by atoms with E-state index in [-0.39, 0.29) is 6.04 Å². The lowest BCUT2D eigenvalue weighted by Crippen LogP contribution is -2.17. The first-order valence-corrected chi connectivity index (χ1v) is 5.23. The molecule has 0 fully saturated rings. The predicted octanol–water partition coefficient (Wildman–Crippen LogP) is 2.25. The zero-order valence-electron chi connectivity index (χ0n) is 7.88. The Morgan fingerprint density at radius 3 is 2.85 bits per heavy atom. The predicted molar refractivity (Wildman–Crippen MR) is 62.7 cm³/mol. The molecule has 1 aromatic carbocycles. The van der Waals surface area contributed by atoms with E-state index in [0.29, 0.717) is 6.61 Å². The summed E-state index contributed by atoms with van der Waals surface area (Å²) in [5, 5.41) is 0. The van der Waals surface area contributed by atoms with E-state index in [2.05, 4.69) is 47.7 Å². The fourth-order valence-electron chi connectivity index (χ4n) is 1.28. The first-order valence-electron chi connectivity index (χ1n) is 4.15. The summed E-state index contributed by atoms with van der Waals surface area (Å²) in [4.78, 5) is 0. The Kier molecular flexibility index (Phi) is 4.15. The summed E-state index contributed by atoms with van der Waals surface area (Å²) in [6.07, 6.45) is 0. The largest absolute Gasteiger partial charge is 0.383 e. The van der Waals surface area contributed by atoms with Gasteiger partial charge in [-0.25, -0.2) is 0 Å². The maximum atomic E-state index is 5.95. The number of ether oxygens (including phenoxy) is 1. The maximum absolute atomic E-state index is 5.95. The third-order valence-corrected chi connectivity index (χ3v) is 2.66. The Balaban J connectivity index is 2.91. The van der Waals surface area contributed by atoms with Crippen molar-refractivity contribution in [3.63, 3.8) is 0 Å². The summed E-state index contributed by atoms with van der Waals surface area (Å²) in [6, 6.07) is 6.27. The normalized spacial score (nSPS) is 12.9. The fourth-order valence-corrected chi connectivity index (χ4v) is 1.80. The molecule has 0 aliphatic heterocycles. The fraction of sp³-hybridized carbons (Fsp3) is 0.400. The second-order valence-electron chi connectivity index (χ2n) is 3.06. The summed E-state index contributed by atoms with van der Waals surface area (Å²) in [5.41, 5.74) is 8.35. The van der Waals surface area contributed by atoms with Crippen LogP contribution in [0.1, 0.15) is 17.2 Å². The van der Waals surface area contributed by atoms with Crippen LogP contribution in [0.4, 0.5) is 0 Å². The van der Waals surface area contributed by atoms with Crippen LogP contribution < -0.4 is 5.73 Å². The number of benzene rings is 1. The molecule has 0 aromatic heterocycles. The molecule has 0 heterocycles. The molecule has 2 nitrogen and oxygen atoms in total. The number of hydrogen-bond acceptors (Lipinski definition) is 2. The van der Waals surface area contributed by atoms with Gasteiger partial charge in [-0.15, -0.1) is 0 Å². The highest BCUT2D eigenvalue weighted by Gasteiger charge is 2.08. The first-order chi connectivity index (χ1) is 6.15. The van der Waals surface area contributed by atoms with Crippen LogP contribution in [-0.4, -0.2) is 13.7 Å². The van der Waals surface area contributed by atoms with Crippen LogP contribution in [-0.2, 0) is 4.74 Å². The SMILES string of the molecule is COC[C@H](N)c1cc(I)ccc1C. The van der Waals surface area contributed by atoms with Crippen LogP contribution >= 0.6 is 22.6 Å². The van der Waals surface area contributed by atoms with Gasteiger partial charge in [-0.1, -0.05) is 6.07 Å². The molecule has 2 N–H and O–H groups in total. The van der Waals surface area contributed by atoms with Gasteiger partial charge in [0, 0.05) is 10.7 Å². The summed E-state index contributed by atoms with van der Waals surface area (Å²) in [6.45, 7) is 2.64. The Labute approximate surface area is 92.6 Å². The highest BCUT2D eigenvalue weighted by atomic mass is 127. The van der Waals surface area contributed by atoms with E-state index in [1.54, 1.807) is 7.11 Å². The van der Waals surface area contributed by atoms with Crippen LogP contribution in [0.2, 0.25) is 0 Å². The smallest absolute Gasteiger partial charge is 0.0655 e. The Morgan fingerprint density at radius 2 is 2.23 bits per heavy atom. The van der Waals surface area contributed by atoms with Gasteiger partial charge in [0.2, 0.25) is 0 Å². The Bertz CT molecular complexity index is 288. The van der Waals surface area contributed by atoms with Crippen molar-refractivity contribution in [2.24, 2.45) is 5.73 Å². The zero-order valence-corrected chi connectivity index (χ0v) is 10.0. The van der Waals surface area contributed by atoms with Crippen LogP contribution in [0.25, 0.3) is 0 Å². The standard InChI is InChI=1S/C10H14INO/c1-7-3-4-8(11)5-9(7)10(12)6-13-2/h3-5,10H,6,12H2,1-2H3/t10-/m0/s1. The molecule has 72 valence electrons. The van der Waals surface area contributed by atoms with Crippen molar-refractivity contribution in [2.75, 3.05) is 13.7 Å². The van der Waals surface area contributed by atoms with Crippen LogP contribution in [0.3, 0.4) is 0 Å². The van der Waals surface area contributed by atoms with Gasteiger partial charge in [0.15, 0.2) is 0 Å². The van der Waals surface area contributed by atoms with Crippen molar-refractivity contribution >= 4 is 22.6 Å². The molecular weight excluding hydrogens is 277 g/mol. The minimum atomic E-state index is -0.0142. The second-order valence-corrected chi connectivity index (χ2v) is 4.31. The van der Waals surface area contributed by atoms with Crippen molar-refractivity contribution < 1.29 is 4.74 Å². The van der Waals surface area contributed by atoms with E-state index in [0.717, 1.165) is 0 Å². The first kappa shape index (κ1) is 10.9. The molecule has 0 bridgehead atoms. The molecule has 0 saturated carbocycles. The summed E-state index contributed by atoms with van der Waals surface area (Å²) >= 11 is 2.29. The molecule has 0 aliphatic rings. The number of hydrogen-bond donors (Lipinski definition) is 1. The summed E-state index contributed by atoms with van der Waals surface area (Å²) < 4.78 is 6.24. The second kappa shape index (κ2) is 4.93. The molecule has 0 amide bonds. The third-order valence-electron chi connectivity index (χ3n) is 1.99. The molecule has 1 atom stereocenters. The average molecular weight is 291 g/mol. The van der Waals surface area contributed by atoms with Gasteiger partial charge in [0.25, 0.3) is 0 Å². The maximum Gasteiger partial charge on any atom is 0.0655 e. The number of nitrogens with two attached hydrogens (primary N) is 1. The van der Waals surface area contributed by atoms with Crippen LogP contribution in [0.15, 0.2) is 18.2 Å². The van der Waals surface area contributed by atoms with Crippen molar-refractivity contribution in [2.45, 2.75) is 13.0 Å². The summed E-state index contributed by atoms with van der Waals surface area (Å²) in [7, 11) is 1.67. The monoisotopic (exact) mass is 291 g/mol. The average Bonchev–Trinajstić information content (AvgIpc) is 2.09. The van der Waals surface area contributed by atoms with Gasteiger partial charge in [-0.05, 0) is 52.8 Å². The van der Waals surface area contributed by atoms with E-state index in [9.17, 15) is 0 Å². The zero-order chi connectivity index (χ0) is 9.84. The number of halogens is 1. The van der Waals surface area contributed by atoms with Gasteiger partial charge in [0.05, 0.1) is 12.6 Å². The van der Waals surface area contributed by atoms with Crippen molar-refractivity contribution in [3.8, 4) is 0 Å². The van der Waals surface area contributed by atoms with E-state index in [1.165, 1.54) is 14.7 Å². The van der Waals surface area contributed by atoms with Crippen LogP contribution in [0, 0.1) is 10.5 Å². The van der Waals surface area contributed by atoms with Crippen molar-refractivity contribution in [1.29, 1.82) is 0 Å². The van der Waals surface area contributed by atoms with E-state index in [1.807, 2.05) is 0 Å². The van der Waals surface area contributed by atoms with Gasteiger partial charge in [-0.2, -0.15) is 0 Å². The molecule has 0 unspecified atom stereocenters. The molecule has 0 radical (unpaired) electrons. The molecular formula is C10H14INO. The van der Waals surface area contributed by atoms with Gasteiger partial charge >= 0.3 is 0 Å². The minimum absolute atomic E-state index is 0.0142. The highest BCUT2D eigenvalue weighted by Crippen LogP contribution is 2.18. The van der Waals surface area contributed by atoms with Crippen LogP contribution in [0.5, 0.6) is 0 Å². The molecule has 1 aromatic rings. The topological polar surface area (TPSA) is 35.2 Å². The van der Waals surface area contributed by atoms with Gasteiger partial charge in [0.1, 0.15) is 0 Å². The molecule has 0 saturated heterocycles. The third kappa shape index (κ3) is 2.93. The quantitative estimate of drug-likeness (QED) is 0.867. The lowest BCUT2D eigenvalue weighted by Gasteiger charge is -2.13. The molecule has 3 heteroatoms. The lowest BCUT2D eigenvalue weighted by atomic mass is 10.0. The van der Waals surface area contributed by atoms with E-state index in [4.69, 9.17) is 10.5 Å². The number of methoxy groups -OCH3 is 1. The van der Waals surface area contributed by atoms with E-state index < -0.39 is 0 Å². The van der Waals surface area contributed by atoms with Gasteiger partial charge in [-0.3, -0.25) is 0 Å². The van der Waals surface area contributed by atoms with Gasteiger partial charge < -0.3 is 10.5 Å². The minimum Gasteiger partial charge on any atom is -0.383 e.